The molecular formula is C26H32N6O6. The topological polar surface area (TPSA) is 163 Å². The van der Waals surface area contributed by atoms with Crippen LogP contribution in [0, 0.1) is 0 Å². The number of carbonyl (C=O) groups is 1. The molecule has 0 spiro atoms. The molecule has 0 saturated carbocycles. The van der Waals surface area contributed by atoms with Crippen LogP contribution in [-0.2, 0) is 22.6 Å². The van der Waals surface area contributed by atoms with Crippen LogP contribution in [0.1, 0.15) is 36.9 Å². The molecule has 1 aliphatic heterocycles. The molecule has 1 amide bonds. The molecule has 3 aromatic heterocycles. The van der Waals surface area contributed by atoms with E-state index in [9.17, 15) is 24.6 Å². The average Bonchev–Trinajstić information content (AvgIpc) is 3.22. The molecule has 3 aromatic rings. The van der Waals surface area contributed by atoms with Gasteiger partial charge in [-0.15, -0.1) is 0 Å². The fourth-order valence-corrected chi connectivity index (χ4v) is 4.45. The number of pyridine rings is 2. The second-order valence-electron chi connectivity index (χ2n) is 9.16. The summed E-state index contributed by atoms with van der Waals surface area (Å²) < 4.78 is 6.70. The summed E-state index contributed by atoms with van der Waals surface area (Å²) in [6.07, 6.45) is 2.96. The molecule has 4 atom stereocenters. The normalized spacial score (nSPS) is 21.0. The molecule has 38 heavy (non-hydrogen) atoms. The van der Waals surface area contributed by atoms with Gasteiger partial charge in [0.25, 0.3) is 5.56 Å². The predicted molar refractivity (Wildman–Crippen MR) is 137 cm³/mol. The van der Waals surface area contributed by atoms with Gasteiger partial charge in [-0.1, -0.05) is 12.1 Å². The van der Waals surface area contributed by atoms with Gasteiger partial charge in [0, 0.05) is 44.2 Å². The number of nitrogens with one attached hydrogen (secondary N) is 2. The van der Waals surface area contributed by atoms with Crippen molar-refractivity contribution >= 4 is 5.91 Å². The van der Waals surface area contributed by atoms with Crippen molar-refractivity contribution in [1.82, 2.24) is 29.7 Å². The number of aromatic amines is 1. The van der Waals surface area contributed by atoms with E-state index in [1.165, 1.54) is 6.20 Å². The van der Waals surface area contributed by atoms with Gasteiger partial charge in [-0.05, 0) is 43.7 Å². The summed E-state index contributed by atoms with van der Waals surface area (Å²) in [6.45, 7) is 1.52. The maximum absolute atomic E-state index is 12.8. The van der Waals surface area contributed by atoms with Gasteiger partial charge in [0.1, 0.15) is 18.2 Å². The van der Waals surface area contributed by atoms with Crippen molar-refractivity contribution in [2.45, 2.75) is 56.8 Å². The lowest BCUT2D eigenvalue weighted by molar-refractivity contribution is -0.123. The largest absolute Gasteiger partial charge is 0.394 e. The van der Waals surface area contributed by atoms with Crippen LogP contribution < -0.4 is 16.6 Å². The number of nitrogens with zero attached hydrogens (tertiary/aromatic N) is 4. The van der Waals surface area contributed by atoms with Crippen LogP contribution in [-0.4, -0.2) is 71.9 Å². The Morgan fingerprint density at radius 1 is 1.05 bits per heavy atom. The van der Waals surface area contributed by atoms with Gasteiger partial charge in [-0.25, -0.2) is 4.79 Å². The second kappa shape index (κ2) is 13.2. The van der Waals surface area contributed by atoms with Gasteiger partial charge in [0.05, 0.1) is 18.0 Å². The lowest BCUT2D eigenvalue weighted by Crippen LogP contribution is -2.48. The van der Waals surface area contributed by atoms with E-state index in [-0.39, 0.29) is 12.3 Å². The highest BCUT2D eigenvalue weighted by Gasteiger charge is 2.45. The molecule has 1 fully saturated rings. The van der Waals surface area contributed by atoms with E-state index >= 15 is 0 Å². The molecule has 4 N–H and O–H groups in total. The van der Waals surface area contributed by atoms with E-state index in [4.69, 9.17) is 4.74 Å². The molecule has 202 valence electrons. The van der Waals surface area contributed by atoms with Crippen LogP contribution in [0.25, 0.3) is 0 Å². The monoisotopic (exact) mass is 524 g/mol. The summed E-state index contributed by atoms with van der Waals surface area (Å²) in [4.78, 5) is 49.6. The molecule has 0 aliphatic carbocycles. The Morgan fingerprint density at radius 2 is 1.74 bits per heavy atom. The lowest BCUT2D eigenvalue weighted by Gasteiger charge is -2.23. The number of H-pyrrole nitrogens is 1. The van der Waals surface area contributed by atoms with Gasteiger partial charge in [-0.3, -0.25) is 34.0 Å². The molecule has 0 radical (unpaired) electrons. The maximum atomic E-state index is 12.8. The first-order valence-corrected chi connectivity index (χ1v) is 12.5. The number of hydrogen-bond acceptors (Lipinski definition) is 9. The molecule has 12 nitrogen and oxygen atoms in total. The Kier molecular flexibility index (Phi) is 9.49. The van der Waals surface area contributed by atoms with Crippen molar-refractivity contribution in [2.24, 2.45) is 0 Å². The van der Waals surface area contributed by atoms with Gasteiger partial charge >= 0.3 is 5.69 Å². The van der Waals surface area contributed by atoms with Gasteiger partial charge in [0.15, 0.2) is 6.23 Å². The van der Waals surface area contributed by atoms with E-state index in [1.54, 1.807) is 12.4 Å². The highest BCUT2D eigenvalue weighted by atomic mass is 16.5. The molecule has 4 heterocycles. The third-order valence-corrected chi connectivity index (χ3v) is 6.35. The highest BCUT2D eigenvalue weighted by molar-refractivity contribution is 5.76. The van der Waals surface area contributed by atoms with Gasteiger partial charge in [0.2, 0.25) is 5.91 Å². The molecule has 1 saturated heterocycles. The van der Waals surface area contributed by atoms with Crippen molar-refractivity contribution in [3.8, 4) is 0 Å². The number of unbranched alkanes of at least 4 members (excludes halogenated alkanes) is 1. The standard InChI is InChI=1S/C26H32N6O6/c33-17-20-24(36)23(25(38-20)32-14-10-22(35)30-26(32)37)29-21(34)9-3-6-13-31(15-18-7-1-4-11-27-18)16-19-8-2-5-12-28-19/h1-2,4-5,7-8,10-12,14,20,23-25,33,36H,3,6,9,13,15-17H2,(H,29,34)(H,30,35,37)/t20-,23-,24-,25-/m1/s1. The Hall–Kier alpha value is -3.71. The van der Waals surface area contributed by atoms with E-state index in [1.807, 2.05) is 36.4 Å². The Labute approximate surface area is 219 Å². The summed E-state index contributed by atoms with van der Waals surface area (Å²) >= 11 is 0. The number of hydrogen-bond donors (Lipinski definition) is 4. The summed E-state index contributed by atoms with van der Waals surface area (Å²) in [6, 6.07) is 11.7. The van der Waals surface area contributed by atoms with Crippen LogP contribution in [0.3, 0.4) is 0 Å². The smallest absolute Gasteiger partial charge is 0.330 e. The number of aromatic nitrogens is 4. The first kappa shape index (κ1) is 27.3. The summed E-state index contributed by atoms with van der Waals surface area (Å²) in [7, 11) is 0. The molecule has 1 aliphatic rings. The number of aliphatic hydroxyl groups excluding tert-OH is 2. The zero-order valence-corrected chi connectivity index (χ0v) is 20.8. The van der Waals surface area contributed by atoms with Crippen molar-refractivity contribution in [2.75, 3.05) is 13.2 Å². The highest BCUT2D eigenvalue weighted by Crippen LogP contribution is 2.28. The van der Waals surface area contributed by atoms with Crippen LogP contribution in [0.4, 0.5) is 0 Å². The molecule has 0 unspecified atom stereocenters. The lowest BCUT2D eigenvalue weighted by atomic mass is 10.1. The predicted octanol–water partition coefficient (Wildman–Crippen LogP) is -0.0653. The van der Waals surface area contributed by atoms with Crippen molar-refractivity contribution in [1.29, 1.82) is 0 Å². The van der Waals surface area contributed by atoms with Gasteiger partial charge < -0.3 is 20.3 Å². The fraction of sp³-hybridized carbons (Fsp3) is 0.423. The minimum Gasteiger partial charge on any atom is -0.394 e. The Morgan fingerprint density at radius 3 is 2.32 bits per heavy atom. The Balaban J connectivity index is 1.33. The number of carbonyl (C=O) groups excluding carboxylic acids is 1. The zero-order valence-electron chi connectivity index (χ0n) is 20.8. The number of rotatable bonds is 12. The van der Waals surface area contributed by atoms with Crippen molar-refractivity contribution in [3.05, 3.63) is 93.3 Å². The molecule has 4 rings (SSSR count). The molecular weight excluding hydrogens is 492 g/mol. The summed E-state index contributed by atoms with van der Waals surface area (Å²) in [5.74, 6) is -0.320. The molecule has 0 bridgehead atoms. The van der Waals surface area contributed by atoms with Crippen molar-refractivity contribution < 1.29 is 19.7 Å². The first-order chi connectivity index (χ1) is 18.4. The van der Waals surface area contributed by atoms with Crippen LogP contribution in [0.5, 0.6) is 0 Å². The van der Waals surface area contributed by atoms with Crippen LogP contribution in [0.2, 0.25) is 0 Å². The second-order valence-corrected chi connectivity index (χ2v) is 9.16. The Bertz CT molecular complexity index is 1240. The number of ether oxygens (including phenoxy) is 1. The SMILES string of the molecule is O=C(CCCCN(Cc1ccccn1)Cc1ccccn1)N[C@@H]1[C@H](O)[C@@H](CO)O[C@H]1n1ccc(=O)[nH]c1=O. The van der Waals surface area contributed by atoms with E-state index in [0.717, 1.165) is 35.0 Å². The third-order valence-electron chi connectivity index (χ3n) is 6.35. The summed E-state index contributed by atoms with van der Waals surface area (Å²) in [5.41, 5.74) is 0.564. The quantitative estimate of drug-likeness (QED) is 0.238. The van der Waals surface area contributed by atoms with Crippen molar-refractivity contribution in [3.63, 3.8) is 0 Å². The third kappa shape index (κ3) is 7.19. The number of amides is 1. The van der Waals surface area contributed by atoms with Crippen LogP contribution >= 0.6 is 0 Å². The molecule has 12 heteroatoms. The number of aliphatic hydroxyl groups is 2. The molecule has 0 aromatic carbocycles. The summed E-state index contributed by atoms with van der Waals surface area (Å²) in [5, 5.41) is 22.9. The fourth-order valence-electron chi connectivity index (χ4n) is 4.45. The van der Waals surface area contributed by atoms with Gasteiger partial charge in [-0.2, -0.15) is 0 Å². The minimum atomic E-state index is -1.24. The minimum absolute atomic E-state index is 0.196. The maximum Gasteiger partial charge on any atom is 0.330 e. The van der Waals surface area contributed by atoms with E-state index < -0.39 is 42.3 Å². The van der Waals surface area contributed by atoms with E-state index in [0.29, 0.717) is 19.5 Å². The zero-order chi connectivity index (χ0) is 26.9. The van der Waals surface area contributed by atoms with E-state index in [2.05, 4.69) is 25.2 Å². The van der Waals surface area contributed by atoms with Crippen LogP contribution in [0.15, 0.2) is 70.6 Å². The average molecular weight is 525 g/mol. The first-order valence-electron chi connectivity index (χ1n) is 12.5.